The molecule has 158 valence electrons. The number of amides is 1. The van der Waals surface area contributed by atoms with Gasteiger partial charge < -0.3 is 19.1 Å². The van der Waals surface area contributed by atoms with E-state index in [0.29, 0.717) is 38.1 Å². The third-order valence-corrected chi connectivity index (χ3v) is 5.03. The largest absolute Gasteiger partial charge is 0.493 e. The van der Waals surface area contributed by atoms with Crippen LogP contribution in [0.5, 0.6) is 5.75 Å². The first-order chi connectivity index (χ1) is 14.9. The van der Waals surface area contributed by atoms with Gasteiger partial charge in [0.05, 0.1) is 47.9 Å². The maximum atomic E-state index is 13.1. The molecule has 0 aliphatic heterocycles. The Morgan fingerprint density at radius 2 is 1.90 bits per heavy atom. The van der Waals surface area contributed by atoms with E-state index in [4.69, 9.17) is 37.1 Å². The Balaban J connectivity index is 1.98. The van der Waals surface area contributed by atoms with Crippen molar-refractivity contribution in [3.8, 4) is 5.75 Å². The van der Waals surface area contributed by atoms with Crippen LogP contribution in [0.1, 0.15) is 10.4 Å². The number of nitrogens with zero attached hydrogens (tertiary/aromatic N) is 3. The SMILES string of the molecule is COC=Nc1ccc2oc3c(OC)ccc(C(=O)N=c4c(Cl)cn(O)cc4Cl)c3c2c1. The number of methoxy groups -OCH3 is 2. The molecule has 0 unspecified atom stereocenters. The average Bonchev–Trinajstić information content (AvgIpc) is 3.12. The molecule has 0 spiro atoms. The number of ether oxygens (including phenoxy) is 2. The number of carbonyl (C=O) groups is 1. The van der Waals surface area contributed by atoms with Crippen LogP contribution in [-0.4, -0.2) is 36.5 Å². The molecule has 0 fully saturated rings. The molecule has 1 amide bonds. The second-order valence-corrected chi connectivity index (χ2v) is 7.19. The Bertz CT molecular complexity index is 1400. The van der Waals surface area contributed by atoms with Crippen molar-refractivity contribution in [2.75, 3.05) is 14.2 Å². The lowest BCUT2D eigenvalue weighted by atomic mass is 10.0. The quantitative estimate of drug-likeness (QED) is 0.263. The van der Waals surface area contributed by atoms with Crippen molar-refractivity contribution in [2.24, 2.45) is 9.98 Å². The number of hydrogen-bond donors (Lipinski definition) is 1. The van der Waals surface area contributed by atoms with Gasteiger partial charge in [-0.1, -0.05) is 23.2 Å². The van der Waals surface area contributed by atoms with Crippen molar-refractivity contribution in [3.63, 3.8) is 0 Å². The first kappa shape index (κ1) is 20.8. The number of aliphatic imine (C=N–C) groups is 1. The summed E-state index contributed by atoms with van der Waals surface area (Å²) < 4.78 is 16.9. The van der Waals surface area contributed by atoms with Crippen molar-refractivity contribution in [2.45, 2.75) is 0 Å². The van der Waals surface area contributed by atoms with Gasteiger partial charge in [-0.2, -0.15) is 4.73 Å². The van der Waals surface area contributed by atoms with Crippen LogP contribution >= 0.6 is 23.2 Å². The lowest BCUT2D eigenvalue weighted by Crippen LogP contribution is -2.12. The average molecular weight is 460 g/mol. The maximum Gasteiger partial charge on any atom is 0.278 e. The number of pyridine rings is 1. The van der Waals surface area contributed by atoms with Crippen molar-refractivity contribution < 1.29 is 23.9 Å². The number of carbonyl (C=O) groups excluding carboxylic acids is 1. The predicted octanol–water partition coefficient (Wildman–Crippen LogP) is 4.99. The molecular formula is C21H15Cl2N3O5. The number of rotatable bonds is 4. The fraction of sp³-hybridized carbons (Fsp3) is 0.0952. The zero-order valence-corrected chi connectivity index (χ0v) is 17.8. The normalized spacial score (nSPS) is 11.4. The van der Waals surface area contributed by atoms with E-state index in [1.807, 2.05) is 0 Å². The first-order valence-electron chi connectivity index (χ1n) is 8.87. The molecular weight excluding hydrogens is 445 g/mol. The number of fused-ring (bicyclic) bond motifs is 3. The lowest BCUT2D eigenvalue weighted by molar-refractivity contribution is 0.0999. The summed E-state index contributed by atoms with van der Waals surface area (Å²) in [6.07, 6.45) is 3.66. The zero-order chi connectivity index (χ0) is 22.1. The smallest absolute Gasteiger partial charge is 0.278 e. The molecule has 10 heteroatoms. The van der Waals surface area contributed by atoms with Crippen LogP contribution < -0.4 is 10.1 Å². The monoisotopic (exact) mass is 459 g/mol. The van der Waals surface area contributed by atoms with Gasteiger partial charge in [0.25, 0.3) is 5.91 Å². The Labute approximate surface area is 185 Å². The highest BCUT2D eigenvalue weighted by Gasteiger charge is 2.20. The topological polar surface area (TPSA) is 98.6 Å². The summed E-state index contributed by atoms with van der Waals surface area (Å²) >= 11 is 12.2. The molecule has 8 nitrogen and oxygen atoms in total. The molecule has 2 aromatic carbocycles. The van der Waals surface area contributed by atoms with Crippen LogP contribution in [0.25, 0.3) is 21.9 Å². The minimum Gasteiger partial charge on any atom is -0.493 e. The summed E-state index contributed by atoms with van der Waals surface area (Å²) in [5.41, 5.74) is 1.80. The lowest BCUT2D eigenvalue weighted by Gasteiger charge is -2.05. The molecule has 4 aromatic rings. The molecule has 2 aromatic heterocycles. The fourth-order valence-corrected chi connectivity index (χ4v) is 3.69. The van der Waals surface area contributed by atoms with Gasteiger partial charge in [-0.3, -0.25) is 4.79 Å². The molecule has 1 N–H and O–H groups in total. The first-order valence-corrected chi connectivity index (χ1v) is 9.62. The predicted molar refractivity (Wildman–Crippen MR) is 117 cm³/mol. The number of halogens is 2. The van der Waals surface area contributed by atoms with Gasteiger partial charge in [-0.15, -0.1) is 0 Å². The fourth-order valence-electron chi connectivity index (χ4n) is 3.15. The number of hydrogen-bond acceptors (Lipinski definition) is 6. The number of furan rings is 1. The van der Waals surface area contributed by atoms with E-state index >= 15 is 0 Å². The molecule has 0 radical (unpaired) electrons. The summed E-state index contributed by atoms with van der Waals surface area (Å²) in [7, 11) is 3.01. The van der Waals surface area contributed by atoms with E-state index in [0.717, 1.165) is 0 Å². The third kappa shape index (κ3) is 3.83. The molecule has 0 aliphatic carbocycles. The van der Waals surface area contributed by atoms with Gasteiger partial charge >= 0.3 is 0 Å². The van der Waals surface area contributed by atoms with Gasteiger partial charge in [0.1, 0.15) is 10.9 Å². The van der Waals surface area contributed by atoms with Gasteiger partial charge in [-0.05, 0) is 30.3 Å². The second kappa shape index (κ2) is 8.33. The van der Waals surface area contributed by atoms with Crippen LogP contribution in [0.2, 0.25) is 10.0 Å². The summed E-state index contributed by atoms with van der Waals surface area (Å²) in [6.45, 7) is 0. The zero-order valence-electron chi connectivity index (χ0n) is 16.3. The molecule has 0 atom stereocenters. The highest BCUT2D eigenvalue weighted by atomic mass is 35.5. The minimum absolute atomic E-state index is 0.0151. The van der Waals surface area contributed by atoms with E-state index in [1.54, 1.807) is 30.3 Å². The van der Waals surface area contributed by atoms with Crippen molar-refractivity contribution >= 4 is 63.1 Å². The molecule has 31 heavy (non-hydrogen) atoms. The third-order valence-electron chi connectivity index (χ3n) is 4.48. The van der Waals surface area contributed by atoms with Gasteiger partial charge in [0.15, 0.2) is 17.7 Å². The summed E-state index contributed by atoms with van der Waals surface area (Å²) in [4.78, 5) is 21.4. The van der Waals surface area contributed by atoms with Gasteiger partial charge in [0, 0.05) is 10.8 Å². The minimum atomic E-state index is -0.597. The Morgan fingerprint density at radius 3 is 2.58 bits per heavy atom. The van der Waals surface area contributed by atoms with Crippen LogP contribution in [0.3, 0.4) is 0 Å². The highest BCUT2D eigenvalue weighted by molar-refractivity contribution is 6.34. The molecule has 0 aliphatic rings. The van der Waals surface area contributed by atoms with Gasteiger partial charge in [0.2, 0.25) is 0 Å². The van der Waals surface area contributed by atoms with Crippen LogP contribution in [0.15, 0.2) is 57.1 Å². The summed E-state index contributed by atoms with van der Waals surface area (Å²) in [5.74, 6) is -0.137. The van der Waals surface area contributed by atoms with E-state index in [-0.39, 0.29) is 21.0 Å². The summed E-state index contributed by atoms with van der Waals surface area (Å²) in [5, 5.41) is 10.8. The summed E-state index contributed by atoms with van der Waals surface area (Å²) in [6, 6.07) is 8.47. The highest BCUT2D eigenvalue weighted by Crippen LogP contribution is 2.38. The van der Waals surface area contributed by atoms with Gasteiger partial charge in [-0.25, -0.2) is 9.98 Å². The van der Waals surface area contributed by atoms with Crippen molar-refractivity contribution in [1.82, 2.24) is 4.73 Å². The Hall–Kier alpha value is -3.49. The molecule has 0 bridgehead atoms. The van der Waals surface area contributed by atoms with E-state index in [2.05, 4.69) is 9.98 Å². The van der Waals surface area contributed by atoms with Crippen LogP contribution in [0.4, 0.5) is 5.69 Å². The Morgan fingerprint density at radius 1 is 1.16 bits per heavy atom. The number of benzene rings is 2. The molecule has 2 heterocycles. The maximum absolute atomic E-state index is 13.1. The van der Waals surface area contributed by atoms with Crippen molar-refractivity contribution in [3.05, 3.63) is 63.7 Å². The molecule has 4 rings (SSSR count). The van der Waals surface area contributed by atoms with E-state index < -0.39 is 5.91 Å². The number of aromatic nitrogens is 1. The standard InChI is InChI=1S/C21H15Cl2N3O5/c1-29-10-24-11-3-5-16-13(7-11)18-12(4-6-17(30-2)20(18)31-16)21(27)25-19-14(22)8-26(28)9-15(19)23/h3-10,28H,1-2H3. The Kier molecular flexibility index (Phi) is 5.58. The second-order valence-electron chi connectivity index (χ2n) is 6.37. The van der Waals surface area contributed by atoms with Crippen LogP contribution in [-0.2, 0) is 4.74 Å². The molecule has 0 saturated carbocycles. The van der Waals surface area contributed by atoms with E-state index in [9.17, 15) is 10.0 Å². The molecule has 0 saturated heterocycles. The van der Waals surface area contributed by atoms with Crippen LogP contribution in [0, 0.1) is 0 Å². The van der Waals surface area contributed by atoms with E-state index in [1.165, 1.54) is 33.0 Å². The van der Waals surface area contributed by atoms with Crippen molar-refractivity contribution in [1.29, 1.82) is 0 Å².